The van der Waals surface area contributed by atoms with Crippen molar-refractivity contribution in [2.75, 3.05) is 18.6 Å². The summed E-state index contributed by atoms with van der Waals surface area (Å²) in [6.45, 7) is 6.38. The summed E-state index contributed by atoms with van der Waals surface area (Å²) in [5, 5.41) is 0. The Balaban J connectivity index is 2.18. The maximum Gasteiger partial charge on any atom is 0.573 e. The Morgan fingerprint density at radius 2 is 1.79 bits per heavy atom. The van der Waals surface area contributed by atoms with Gasteiger partial charge in [-0.3, -0.25) is 14.2 Å². The van der Waals surface area contributed by atoms with Gasteiger partial charge in [-0.1, -0.05) is 18.3 Å². The lowest BCUT2D eigenvalue weighted by Gasteiger charge is -2.26. The average Bonchev–Trinajstić information content (AvgIpc) is 2.79. The van der Waals surface area contributed by atoms with Crippen LogP contribution < -0.4 is 24.8 Å². The summed E-state index contributed by atoms with van der Waals surface area (Å²) in [5.74, 6) is -0.592. The number of carbonyl (C=O) groups excluding carboxylic acids is 1. The summed E-state index contributed by atoms with van der Waals surface area (Å²) in [6, 6.07) is 9.36. The molecule has 0 aliphatic carbocycles. The summed E-state index contributed by atoms with van der Waals surface area (Å²) in [7, 11) is -3.39. The van der Waals surface area contributed by atoms with Crippen LogP contribution in [-0.2, 0) is 13.9 Å². The highest BCUT2D eigenvalue weighted by Gasteiger charge is 2.31. The molecule has 38 heavy (non-hydrogen) atoms. The third kappa shape index (κ3) is 9.95. The van der Waals surface area contributed by atoms with Crippen LogP contribution >= 0.6 is 19.6 Å². The first-order chi connectivity index (χ1) is 17.5. The van der Waals surface area contributed by atoms with Gasteiger partial charge in [0, 0.05) is 23.4 Å². The Morgan fingerprint density at radius 3 is 2.32 bits per heavy atom. The molecule has 4 N–H and O–H groups in total. The van der Waals surface area contributed by atoms with E-state index in [-0.39, 0.29) is 23.0 Å². The molecule has 0 radical (unpaired) electrons. The molecule has 0 unspecified atom stereocenters. The number of phosphoric acid groups is 1. The van der Waals surface area contributed by atoms with E-state index in [9.17, 15) is 22.5 Å². The first-order valence-corrected chi connectivity index (χ1v) is 12.9. The van der Waals surface area contributed by atoms with Gasteiger partial charge < -0.3 is 29.7 Å². The first-order valence-electron chi connectivity index (χ1n) is 10.6. The molecule has 0 heterocycles. The third-order valence-electron chi connectivity index (χ3n) is 4.36. The zero-order valence-corrected chi connectivity index (χ0v) is 22.2. The Kier molecular flexibility index (Phi) is 10.3. The van der Waals surface area contributed by atoms with Crippen LogP contribution in [0.1, 0.15) is 13.8 Å². The third-order valence-corrected chi connectivity index (χ3v) is 6.02. The lowest BCUT2D eigenvalue weighted by molar-refractivity contribution is -0.274. The number of benzene rings is 2. The van der Waals surface area contributed by atoms with Gasteiger partial charge in [0.25, 0.3) is 5.91 Å². The maximum absolute atomic E-state index is 13.1. The molecule has 1 amide bonds. The van der Waals surface area contributed by atoms with Crippen LogP contribution in [0.2, 0.25) is 0 Å². The van der Waals surface area contributed by atoms with E-state index in [0.717, 1.165) is 30.1 Å². The highest BCUT2D eigenvalue weighted by Crippen LogP contribution is 2.42. The minimum atomic E-state index is -4.82. The highest BCUT2D eigenvalue weighted by atomic mass is 32.2. The summed E-state index contributed by atoms with van der Waals surface area (Å²) in [5.41, 5.74) is 4.49. The average molecular weight is 579 g/mol. The van der Waals surface area contributed by atoms with E-state index in [1.807, 2.05) is 0 Å². The summed E-state index contributed by atoms with van der Waals surface area (Å²) < 4.78 is 67.7. The van der Waals surface area contributed by atoms with Gasteiger partial charge in [0.15, 0.2) is 11.5 Å². The van der Waals surface area contributed by atoms with Crippen LogP contribution in [-0.4, -0.2) is 41.4 Å². The van der Waals surface area contributed by atoms with Crippen LogP contribution in [0.4, 0.5) is 18.9 Å². The molecule has 0 atom stereocenters. The number of hydrogen-bond donors (Lipinski definition) is 3. The first kappa shape index (κ1) is 31.1. The van der Waals surface area contributed by atoms with E-state index in [4.69, 9.17) is 29.5 Å². The second kappa shape index (κ2) is 12.6. The minimum Gasteiger partial charge on any atom is -0.493 e. The number of thioether (sulfide) groups is 1. The molecule has 208 valence electrons. The van der Waals surface area contributed by atoms with E-state index in [0.29, 0.717) is 10.6 Å². The molecule has 0 saturated carbocycles. The molecular weight excluding hydrogens is 552 g/mol. The van der Waals surface area contributed by atoms with Crippen LogP contribution in [0.15, 0.2) is 71.2 Å². The zero-order chi connectivity index (χ0) is 28.7. The van der Waals surface area contributed by atoms with Gasteiger partial charge in [0.2, 0.25) is 0 Å². The van der Waals surface area contributed by atoms with Crippen LogP contribution in [0.3, 0.4) is 0 Å². The Morgan fingerprint density at radius 1 is 1.16 bits per heavy atom. The predicted octanol–water partition coefficient (Wildman–Crippen LogP) is 4.93. The summed E-state index contributed by atoms with van der Waals surface area (Å²) in [6.07, 6.45) is -2.42. The molecule has 0 bridgehead atoms. The molecule has 10 nitrogen and oxygen atoms in total. The van der Waals surface area contributed by atoms with Gasteiger partial charge in [-0.05, 0) is 50.2 Å². The second-order valence-corrected chi connectivity index (χ2v) is 10.4. The number of hydrogen-bond acceptors (Lipinski definition) is 8. The predicted molar refractivity (Wildman–Crippen MR) is 135 cm³/mol. The summed E-state index contributed by atoms with van der Waals surface area (Å²) in [4.78, 5) is 32.9. The number of amides is 1. The Hall–Kier alpha value is -3.16. The van der Waals surface area contributed by atoms with Crippen molar-refractivity contribution < 1.29 is 51.1 Å². The molecule has 2 aromatic rings. The molecule has 2 aromatic carbocycles. The van der Waals surface area contributed by atoms with Gasteiger partial charge in [-0.2, -0.15) is 0 Å². The van der Waals surface area contributed by atoms with Crippen molar-refractivity contribution >= 4 is 31.2 Å². The number of carbonyl (C=O) groups is 1. The second-order valence-electron chi connectivity index (χ2n) is 8.03. The lowest BCUT2D eigenvalue weighted by atomic mass is 10.1. The fourth-order valence-electron chi connectivity index (χ4n) is 2.91. The van der Waals surface area contributed by atoms with E-state index in [2.05, 4.69) is 11.3 Å². The van der Waals surface area contributed by atoms with Crippen molar-refractivity contribution in [3.05, 3.63) is 66.3 Å². The molecule has 0 fully saturated rings. The van der Waals surface area contributed by atoms with Gasteiger partial charge >= 0.3 is 14.2 Å². The fraction of sp³-hybridized carbons (Fsp3) is 0.261. The standard InChI is InChI=1S/C23H26F3N2O8PS/c1-15(38-18-8-6-17(7-9-18)35-23(24,25)26)21(29)28(12-11-27)16-5-10-19(20(13-16)33-4)34-14-22(2,3)36-37(30,31)32/h5-13H,1,14,27H2,2-4H3,(H2,30,31,32)/b12-11-. The largest absolute Gasteiger partial charge is 0.573 e. The van der Waals surface area contributed by atoms with Crippen molar-refractivity contribution in [2.45, 2.75) is 30.7 Å². The van der Waals surface area contributed by atoms with Crippen LogP contribution in [0.5, 0.6) is 17.2 Å². The molecule has 0 aliphatic rings. The minimum absolute atomic E-state index is 0.0308. The van der Waals surface area contributed by atoms with Crippen LogP contribution in [0, 0.1) is 0 Å². The molecule has 15 heteroatoms. The number of alkyl halides is 3. The van der Waals surface area contributed by atoms with Gasteiger partial charge in [-0.15, -0.1) is 13.2 Å². The number of ether oxygens (including phenoxy) is 3. The number of phosphoric ester groups is 1. The number of anilines is 1. The van der Waals surface area contributed by atoms with Crippen molar-refractivity contribution in [1.29, 1.82) is 0 Å². The molecule has 0 aliphatic heterocycles. The molecule has 0 spiro atoms. The van der Waals surface area contributed by atoms with E-state index in [1.54, 1.807) is 0 Å². The quantitative estimate of drug-likeness (QED) is 0.180. The van der Waals surface area contributed by atoms with Crippen molar-refractivity contribution in [3.8, 4) is 17.2 Å². The molecular formula is C23H26F3N2O8PS. The monoisotopic (exact) mass is 578 g/mol. The fourth-order valence-corrected chi connectivity index (χ4v) is 4.35. The van der Waals surface area contributed by atoms with Gasteiger partial charge in [0.05, 0.1) is 17.7 Å². The van der Waals surface area contributed by atoms with Crippen molar-refractivity contribution in [3.63, 3.8) is 0 Å². The number of halogens is 3. The molecule has 0 aromatic heterocycles. The van der Waals surface area contributed by atoms with E-state index < -0.39 is 31.4 Å². The molecule has 2 rings (SSSR count). The van der Waals surface area contributed by atoms with E-state index >= 15 is 0 Å². The van der Waals surface area contributed by atoms with Gasteiger partial charge in [0.1, 0.15) is 18.0 Å². The number of nitrogens with zero attached hydrogens (tertiary/aromatic N) is 1. The lowest BCUT2D eigenvalue weighted by Crippen LogP contribution is -2.31. The SMILES string of the molecule is C=C(Sc1ccc(OC(F)(F)F)cc1)C(=O)N(/C=C\N)c1ccc(OCC(C)(C)OP(=O)(O)O)c(OC)c1. The summed E-state index contributed by atoms with van der Waals surface area (Å²) >= 11 is 0.925. The Labute approximate surface area is 221 Å². The van der Waals surface area contributed by atoms with Crippen molar-refractivity contribution in [2.24, 2.45) is 5.73 Å². The highest BCUT2D eigenvalue weighted by molar-refractivity contribution is 8.04. The maximum atomic E-state index is 13.1. The van der Waals surface area contributed by atoms with Gasteiger partial charge in [-0.25, -0.2) is 4.57 Å². The van der Waals surface area contributed by atoms with Crippen LogP contribution in [0.25, 0.3) is 0 Å². The topological polar surface area (TPSA) is 141 Å². The number of methoxy groups -OCH3 is 1. The normalized spacial score (nSPS) is 12.3. The zero-order valence-electron chi connectivity index (χ0n) is 20.5. The van der Waals surface area contributed by atoms with Crippen molar-refractivity contribution in [1.82, 2.24) is 0 Å². The smallest absolute Gasteiger partial charge is 0.493 e. The Bertz CT molecular complexity index is 1220. The molecule has 0 saturated heterocycles. The van der Waals surface area contributed by atoms with E-state index in [1.165, 1.54) is 62.4 Å². The number of rotatable bonds is 12. The number of nitrogens with two attached hydrogens (primary N) is 1.